The molecule has 0 fully saturated rings. The van der Waals surface area contributed by atoms with E-state index in [-0.39, 0.29) is 5.84 Å². The van der Waals surface area contributed by atoms with Crippen LogP contribution in [0.3, 0.4) is 0 Å². The van der Waals surface area contributed by atoms with Crippen LogP contribution in [0.5, 0.6) is 0 Å². The minimum Gasteiger partial charge on any atom is -0.409 e. The Balaban J connectivity index is 3.24. The molecule has 0 heterocycles. The van der Waals surface area contributed by atoms with E-state index in [0.29, 0.717) is 12.6 Å². The first kappa shape index (κ1) is 16.3. The number of benzene rings is 1. The average Bonchev–Trinajstić information content (AvgIpc) is 2.47. The lowest BCUT2D eigenvalue weighted by Gasteiger charge is -2.32. The lowest BCUT2D eigenvalue weighted by atomic mass is 10.1. The Kier molecular flexibility index (Phi) is 6.31. The van der Waals surface area contributed by atoms with E-state index >= 15 is 0 Å². The molecule has 0 aromatic heterocycles. The summed E-state index contributed by atoms with van der Waals surface area (Å²) in [6, 6.07) is 6.33. The van der Waals surface area contributed by atoms with Crippen molar-refractivity contribution in [3.63, 3.8) is 0 Å². The highest BCUT2D eigenvalue weighted by molar-refractivity contribution is 6.02. The summed E-state index contributed by atoms with van der Waals surface area (Å²) in [4.78, 5) is 2.23. The zero-order valence-electron chi connectivity index (χ0n) is 12.8. The van der Waals surface area contributed by atoms with Crippen LogP contribution in [0.1, 0.15) is 31.4 Å². The molecule has 3 N–H and O–H groups in total. The molecule has 1 atom stereocenters. The molecular formula is C15H25N3O2. The second-order valence-corrected chi connectivity index (χ2v) is 4.95. The van der Waals surface area contributed by atoms with Crippen LogP contribution < -0.4 is 10.6 Å². The molecule has 112 valence electrons. The fraction of sp³-hybridized carbons (Fsp3) is 0.533. The summed E-state index contributed by atoms with van der Waals surface area (Å²) in [5.74, 6) is 0.134. The summed E-state index contributed by atoms with van der Waals surface area (Å²) < 4.78 is 5.19. The number of oxime groups is 1. The van der Waals surface area contributed by atoms with Crippen molar-refractivity contribution >= 4 is 11.5 Å². The lowest BCUT2D eigenvalue weighted by molar-refractivity contribution is 0.203. The smallest absolute Gasteiger partial charge is 0.172 e. The van der Waals surface area contributed by atoms with Gasteiger partial charge in [0.2, 0.25) is 0 Å². The Morgan fingerprint density at radius 2 is 2.20 bits per heavy atom. The SMILES string of the molecule is CCC(C)N(CCOC)c1ccc(C)cc1/C(N)=N/O. The minimum absolute atomic E-state index is 0.134. The molecule has 0 bridgehead atoms. The molecule has 0 spiro atoms. The van der Waals surface area contributed by atoms with Gasteiger partial charge in [-0.2, -0.15) is 0 Å². The summed E-state index contributed by atoms with van der Waals surface area (Å²) in [7, 11) is 1.69. The molecule has 0 aliphatic carbocycles. The van der Waals surface area contributed by atoms with Gasteiger partial charge in [0, 0.05) is 30.9 Å². The number of rotatable bonds is 7. The van der Waals surface area contributed by atoms with E-state index in [1.54, 1.807) is 7.11 Å². The maximum atomic E-state index is 8.98. The molecule has 0 amide bonds. The molecule has 1 rings (SSSR count). The van der Waals surface area contributed by atoms with Crippen LogP contribution in [0.25, 0.3) is 0 Å². The average molecular weight is 279 g/mol. The van der Waals surface area contributed by atoms with Crippen LogP contribution in [0.2, 0.25) is 0 Å². The van der Waals surface area contributed by atoms with Crippen LogP contribution >= 0.6 is 0 Å². The van der Waals surface area contributed by atoms with E-state index in [2.05, 4.69) is 23.9 Å². The van der Waals surface area contributed by atoms with Gasteiger partial charge in [-0.05, 0) is 32.4 Å². The molecule has 20 heavy (non-hydrogen) atoms. The van der Waals surface area contributed by atoms with E-state index in [4.69, 9.17) is 15.7 Å². The van der Waals surface area contributed by atoms with Crippen molar-refractivity contribution in [2.75, 3.05) is 25.2 Å². The van der Waals surface area contributed by atoms with E-state index < -0.39 is 0 Å². The number of anilines is 1. The molecular weight excluding hydrogens is 254 g/mol. The molecule has 5 heteroatoms. The van der Waals surface area contributed by atoms with Crippen molar-refractivity contribution in [3.05, 3.63) is 29.3 Å². The van der Waals surface area contributed by atoms with Crippen molar-refractivity contribution in [3.8, 4) is 0 Å². The summed E-state index contributed by atoms with van der Waals surface area (Å²) in [5, 5.41) is 12.1. The standard InChI is InChI=1S/C15H25N3O2/c1-5-12(3)18(8-9-20-4)14-7-6-11(2)10-13(14)15(16)17-19/h6-7,10,12,19H,5,8-9H2,1-4H3,(H2,16,17). The van der Waals surface area contributed by atoms with E-state index in [9.17, 15) is 0 Å². The molecule has 5 nitrogen and oxygen atoms in total. The maximum Gasteiger partial charge on any atom is 0.172 e. The fourth-order valence-electron chi connectivity index (χ4n) is 2.15. The third kappa shape index (κ3) is 3.87. The van der Waals surface area contributed by atoms with Gasteiger partial charge in [0.15, 0.2) is 5.84 Å². The molecule has 1 aromatic rings. The van der Waals surface area contributed by atoms with Gasteiger partial charge >= 0.3 is 0 Å². The van der Waals surface area contributed by atoms with Gasteiger partial charge in [0.25, 0.3) is 0 Å². The van der Waals surface area contributed by atoms with Gasteiger partial charge < -0.3 is 20.6 Å². The summed E-state index contributed by atoms with van der Waals surface area (Å²) in [6.45, 7) is 7.68. The highest BCUT2D eigenvalue weighted by Crippen LogP contribution is 2.24. The van der Waals surface area contributed by atoms with Gasteiger partial charge in [0.05, 0.1) is 6.61 Å². The van der Waals surface area contributed by atoms with Crippen molar-refractivity contribution in [1.82, 2.24) is 0 Å². The summed E-state index contributed by atoms with van der Waals surface area (Å²) >= 11 is 0. The highest BCUT2D eigenvalue weighted by Gasteiger charge is 2.18. The van der Waals surface area contributed by atoms with Crippen molar-refractivity contribution in [1.29, 1.82) is 0 Å². The van der Waals surface area contributed by atoms with E-state index in [1.165, 1.54) is 0 Å². The van der Waals surface area contributed by atoms with Crippen molar-refractivity contribution in [2.24, 2.45) is 10.9 Å². The molecule has 1 aromatic carbocycles. The third-order valence-electron chi connectivity index (χ3n) is 3.50. The monoisotopic (exact) mass is 279 g/mol. The molecule has 1 unspecified atom stereocenters. The number of hydrogen-bond acceptors (Lipinski definition) is 4. The topological polar surface area (TPSA) is 71.1 Å². The normalized spacial score (nSPS) is 13.3. The van der Waals surface area contributed by atoms with E-state index in [1.807, 2.05) is 25.1 Å². The first-order chi connectivity index (χ1) is 9.54. The number of hydrogen-bond donors (Lipinski definition) is 2. The number of methoxy groups -OCH3 is 1. The molecule has 0 saturated heterocycles. The van der Waals surface area contributed by atoms with Gasteiger partial charge in [-0.1, -0.05) is 23.7 Å². The van der Waals surface area contributed by atoms with Crippen LogP contribution in [-0.4, -0.2) is 37.3 Å². The van der Waals surface area contributed by atoms with Crippen molar-refractivity contribution in [2.45, 2.75) is 33.2 Å². The van der Waals surface area contributed by atoms with Crippen LogP contribution in [0.15, 0.2) is 23.4 Å². The van der Waals surface area contributed by atoms with Crippen LogP contribution in [-0.2, 0) is 4.74 Å². The summed E-state index contributed by atoms with van der Waals surface area (Å²) in [5.41, 5.74) is 8.61. The Hall–Kier alpha value is -1.75. The van der Waals surface area contributed by atoms with Crippen molar-refractivity contribution < 1.29 is 9.94 Å². The number of nitrogens with two attached hydrogens (primary N) is 1. The Morgan fingerprint density at radius 3 is 2.75 bits per heavy atom. The molecule has 0 saturated carbocycles. The second-order valence-electron chi connectivity index (χ2n) is 4.95. The maximum absolute atomic E-state index is 8.98. The predicted molar refractivity (Wildman–Crippen MR) is 82.7 cm³/mol. The van der Waals surface area contributed by atoms with Gasteiger partial charge in [-0.15, -0.1) is 0 Å². The molecule has 0 radical (unpaired) electrons. The summed E-state index contributed by atoms with van der Waals surface area (Å²) in [6.07, 6.45) is 1.01. The largest absolute Gasteiger partial charge is 0.409 e. The third-order valence-corrected chi connectivity index (χ3v) is 3.50. The van der Waals surface area contributed by atoms with Gasteiger partial charge in [0.1, 0.15) is 0 Å². The molecule has 0 aliphatic heterocycles. The number of aryl methyl sites for hydroxylation is 1. The Morgan fingerprint density at radius 1 is 1.50 bits per heavy atom. The van der Waals surface area contributed by atoms with Gasteiger partial charge in [-0.25, -0.2) is 0 Å². The Bertz CT molecular complexity index is 460. The van der Waals surface area contributed by atoms with E-state index in [0.717, 1.165) is 29.8 Å². The zero-order valence-corrected chi connectivity index (χ0v) is 12.8. The van der Waals surface area contributed by atoms with Crippen LogP contribution in [0, 0.1) is 6.92 Å². The molecule has 0 aliphatic rings. The number of amidine groups is 1. The first-order valence-corrected chi connectivity index (χ1v) is 6.89. The second kappa shape index (κ2) is 7.75. The number of nitrogens with zero attached hydrogens (tertiary/aromatic N) is 2. The van der Waals surface area contributed by atoms with Gasteiger partial charge in [-0.3, -0.25) is 0 Å². The van der Waals surface area contributed by atoms with Crippen LogP contribution in [0.4, 0.5) is 5.69 Å². The quantitative estimate of drug-likeness (QED) is 0.348. The first-order valence-electron chi connectivity index (χ1n) is 6.89. The Labute approximate surface area is 121 Å². The fourth-order valence-corrected chi connectivity index (χ4v) is 2.15. The highest BCUT2D eigenvalue weighted by atomic mass is 16.5. The minimum atomic E-state index is 0.134. The predicted octanol–water partition coefficient (Wildman–Crippen LogP) is 2.34. The zero-order chi connectivity index (χ0) is 15.1. The number of ether oxygens (including phenoxy) is 1. The lowest BCUT2D eigenvalue weighted by Crippen LogP contribution is -2.37.